The maximum Gasteiger partial charge on any atom is 0.129 e. The van der Waals surface area contributed by atoms with Crippen LogP contribution in [0, 0.1) is 11.2 Å². The molecule has 16 heavy (non-hydrogen) atoms. The van der Waals surface area contributed by atoms with E-state index in [4.69, 9.17) is 0 Å². The van der Waals surface area contributed by atoms with Crippen molar-refractivity contribution in [3.05, 3.63) is 35.6 Å². The van der Waals surface area contributed by atoms with Crippen LogP contribution in [0.25, 0.3) is 0 Å². The third-order valence-corrected chi connectivity index (χ3v) is 3.86. The number of benzene rings is 1. The van der Waals surface area contributed by atoms with Crippen molar-refractivity contribution in [1.29, 1.82) is 0 Å². The first-order valence-electron chi connectivity index (χ1n) is 6.06. The van der Waals surface area contributed by atoms with Crippen molar-refractivity contribution in [2.45, 2.75) is 45.1 Å². The second-order valence-electron chi connectivity index (χ2n) is 5.14. The first-order valence-corrected chi connectivity index (χ1v) is 6.06. The number of rotatable bonds is 2. The molecular weight excluding hydrogens is 203 g/mol. The van der Waals surface area contributed by atoms with Gasteiger partial charge in [0, 0.05) is 5.56 Å². The standard InChI is InChI=1S/C14H19FO/c1-14(9-5-2-6-10-14)13(16)11-7-3-4-8-12(11)15/h3-4,7-8,13,16H,2,5-6,9-10H2,1H3. The zero-order valence-corrected chi connectivity index (χ0v) is 9.75. The van der Waals surface area contributed by atoms with Crippen LogP contribution < -0.4 is 0 Å². The van der Waals surface area contributed by atoms with Gasteiger partial charge >= 0.3 is 0 Å². The molecule has 0 aliphatic heterocycles. The first kappa shape index (κ1) is 11.6. The van der Waals surface area contributed by atoms with Gasteiger partial charge < -0.3 is 5.11 Å². The van der Waals surface area contributed by atoms with Crippen LogP contribution in [0.4, 0.5) is 4.39 Å². The van der Waals surface area contributed by atoms with E-state index in [1.807, 2.05) is 0 Å². The molecule has 0 radical (unpaired) electrons. The van der Waals surface area contributed by atoms with Gasteiger partial charge in [0.25, 0.3) is 0 Å². The van der Waals surface area contributed by atoms with Crippen molar-refractivity contribution in [2.24, 2.45) is 5.41 Å². The number of hydrogen-bond acceptors (Lipinski definition) is 1. The average Bonchev–Trinajstić information content (AvgIpc) is 2.30. The number of aliphatic hydroxyl groups is 1. The van der Waals surface area contributed by atoms with E-state index in [1.165, 1.54) is 12.5 Å². The molecule has 1 atom stereocenters. The van der Waals surface area contributed by atoms with E-state index >= 15 is 0 Å². The summed E-state index contributed by atoms with van der Waals surface area (Å²) in [7, 11) is 0. The van der Waals surface area contributed by atoms with Crippen LogP contribution in [-0.4, -0.2) is 5.11 Å². The van der Waals surface area contributed by atoms with Crippen molar-refractivity contribution < 1.29 is 9.50 Å². The summed E-state index contributed by atoms with van der Waals surface area (Å²) >= 11 is 0. The fraction of sp³-hybridized carbons (Fsp3) is 0.571. The molecule has 88 valence electrons. The van der Waals surface area contributed by atoms with Crippen LogP contribution in [-0.2, 0) is 0 Å². The summed E-state index contributed by atoms with van der Waals surface area (Å²) in [6.07, 6.45) is 4.82. The van der Waals surface area contributed by atoms with Crippen LogP contribution in [0.5, 0.6) is 0 Å². The predicted molar refractivity (Wildman–Crippen MR) is 62.6 cm³/mol. The van der Waals surface area contributed by atoms with Gasteiger partial charge in [0.05, 0.1) is 6.10 Å². The molecule has 2 heteroatoms. The lowest BCUT2D eigenvalue weighted by atomic mass is 9.70. The Hall–Kier alpha value is -0.890. The number of hydrogen-bond donors (Lipinski definition) is 1. The summed E-state index contributed by atoms with van der Waals surface area (Å²) in [6, 6.07) is 6.56. The molecular formula is C14H19FO. The minimum atomic E-state index is -0.672. The summed E-state index contributed by atoms with van der Waals surface area (Å²) in [5.41, 5.74) is 0.298. The van der Waals surface area contributed by atoms with Crippen molar-refractivity contribution in [1.82, 2.24) is 0 Å². The van der Waals surface area contributed by atoms with E-state index in [1.54, 1.807) is 18.2 Å². The fourth-order valence-electron chi connectivity index (χ4n) is 2.71. The van der Waals surface area contributed by atoms with E-state index in [9.17, 15) is 9.50 Å². The fourth-order valence-corrected chi connectivity index (χ4v) is 2.71. The van der Waals surface area contributed by atoms with Crippen molar-refractivity contribution in [3.63, 3.8) is 0 Å². The zero-order chi connectivity index (χ0) is 11.6. The minimum absolute atomic E-state index is 0.152. The summed E-state index contributed by atoms with van der Waals surface area (Å²) in [5, 5.41) is 10.3. The molecule has 1 unspecified atom stereocenters. The molecule has 1 N–H and O–H groups in total. The molecule has 0 bridgehead atoms. The third-order valence-electron chi connectivity index (χ3n) is 3.86. The molecule has 1 fully saturated rings. The quantitative estimate of drug-likeness (QED) is 0.806. The van der Waals surface area contributed by atoms with E-state index in [0.29, 0.717) is 5.56 Å². The van der Waals surface area contributed by atoms with Gasteiger partial charge in [-0.3, -0.25) is 0 Å². The number of aliphatic hydroxyl groups excluding tert-OH is 1. The zero-order valence-electron chi connectivity index (χ0n) is 9.75. The van der Waals surface area contributed by atoms with Crippen LogP contribution in [0.15, 0.2) is 24.3 Å². The molecule has 1 saturated carbocycles. The van der Waals surface area contributed by atoms with E-state index in [0.717, 1.165) is 25.7 Å². The second-order valence-corrected chi connectivity index (χ2v) is 5.14. The van der Waals surface area contributed by atoms with E-state index in [2.05, 4.69) is 6.92 Å². The largest absolute Gasteiger partial charge is 0.388 e. The van der Waals surface area contributed by atoms with Gasteiger partial charge in [0.2, 0.25) is 0 Å². The Morgan fingerprint density at radius 2 is 1.81 bits per heavy atom. The Morgan fingerprint density at radius 1 is 1.19 bits per heavy atom. The molecule has 0 spiro atoms. The third kappa shape index (κ3) is 2.12. The summed E-state index contributed by atoms with van der Waals surface area (Å²) in [5.74, 6) is -0.290. The molecule has 0 heterocycles. The number of halogens is 1. The Labute approximate surface area is 96.3 Å². The first-order chi connectivity index (χ1) is 7.63. The molecule has 1 aliphatic carbocycles. The topological polar surface area (TPSA) is 20.2 Å². The lowest BCUT2D eigenvalue weighted by Gasteiger charge is -2.38. The highest BCUT2D eigenvalue weighted by atomic mass is 19.1. The predicted octanol–water partition coefficient (Wildman–Crippen LogP) is 3.83. The van der Waals surface area contributed by atoms with Crippen LogP contribution in [0.2, 0.25) is 0 Å². The molecule has 0 saturated heterocycles. The maximum atomic E-state index is 13.6. The monoisotopic (exact) mass is 222 g/mol. The molecule has 1 aliphatic rings. The summed E-state index contributed by atoms with van der Waals surface area (Å²) in [6.45, 7) is 2.07. The van der Waals surface area contributed by atoms with Gasteiger partial charge in [0.1, 0.15) is 5.82 Å². The molecule has 2 rings (SSSR count). The Balaban J connectivity index is 2.24. The van der Waals surface area contributed by atoms with E-state index in [-0.39, 0.29) is 11.2 Å². The summed E-state index contributed by atoms with van der Waals surface area (Å²) in [4.78, 5) is 0. The second kappa shape index (κ2) is 4.54. The molecule has 0 amide bonds. The SMILES string of the molecule is CC1(C(O)c2ccccc2F)CCCCC1. The van der Waals surface area contributed by atoms with Gasteiger partial charge in [-0.1, -0.05) is 44.4 Å². The van der Waals surface area contributed by atoms with Gasteiger partial charge in [-0.15, -0.1) is 0 Å². The molecule has 0 aromatic heterocycles. The van der Waals surface area contributed by atoms with Gasteiger partial charge in [-0.2, -0.15) is 0 Å². The summed E-state index contributed by atoms with van der Waals surface area (Å²) < 4.78 is 13.6. The average molecular weight is 222 g/mol. The van der Waals surface area contributed by atoms with Crippen molar-refractivity contribution in [2.75, 3.05) is 0 Å². The van der Waals surface area contributed by atoms with Crippen molar-refractivity contribution >= 4 is 0 Å². The smallest absolute Gasteiger partial charge is 0.129 e. The van der Waals surface area contributed by atoms with Crippen LogP contribution in [0.3, 0.4) is 0 Å². The maximum absolute atomic E-state index is 13.6. The van der Waals surface area contributed by atoms with Gasteiger partial charge in [0.15, 0.2) is 0 Å². The Morgan fingerprint density at radius 3 is 2.44 bits per heavy atom. The van der Waals surface area contributed by atoms with Gasteiger partial charge in [-0.25, -0.2) is 4.39 Å². The Bertz CT molecular complexity index is 356. The van der Waals surface area contributed by atoms with Crippen LogP contribution in [0.1, 0.15) is 50.7 Å². The minimum Gasteiger partial charge on any atom is -0.388 e. The highest BCUT2D eigenvalue weighted by Gasteiger charge is 2.36. The highest BCUT2D eigenvalue weighted by molar-refractivity contribution is 5.21. The van der Waals surface area contributed by atoms with Crippen LogP contribution >= 0.6 is 0 Å². The van der Waals surface area contributed by atoms with E-state index < -0.39 is 6.10 Å². The lowest BCUT2D eigenvalue weighted by molar-refractivity contribution is 0.00586. The molecule has 1 nitrogen and oxygen atoms in total. The van der Waals surface area contributed by atoms with Gasteiger partial charge in [-0.05, 0) is 24.3 Å². The molecule has 1 aromatic rings. The lowest BCUT2D eigenvalue weighted by Crippen LogP contribution is -2.28. The highest BCUT2D eigenvalue weighted by Crippen LogP contribution is 2.45. The molecule has 1 aromatic carbocycles. The Kier molecular flexibility index (Phi) is 3.29. The normalized spacial score (nSPS) is 21.7. The van der Waals surface area contributed by atoms with Crippen molar-refractivity contribution in [3.8, 4) is 0 Å².